The lowest BCUT2D eigenvalue weighted by atomic mass is 9.76. The zero-order chi connectivity index (χ0) is 17.1. The van der Waals surface area contributed by atoms with Gasteiger partial charge in [0.1, 0.15) is 17.3 Å². The Morgan fingerprint density at radius 3 is 2.38 bits per heavy atom. The van der Waals surface area contributed by atoms with Gasteiger partial charge in [0.05, 0.1) is 25.3 Å². The van der Waals surface area contributed by atoms with Gasteiger partial charge in [-0.25, -0.2) is 4.90 Å². The van der Waals surface area contributed by atoms with E-state index in [9.17, 15) is 14.7 Å². The number of carbonyl (C=O) groups excluding carboxylic acids is 2. The van der Waals surface area contributed by atoms with Crippen molar-refractivity contribution in [2.75, 3.05) is 25.7 Å². The maximum Gasteiger partial charge on any atom is 0.243 e. The highest BCUT2D eigenvalue weighted by molar-refractivity contribution is 6.23. The minimum Gasteiger partial charge on any atom is -0.497 e. The van der Waals surface area contributed by atoms with Gasteiger partial charge in [0.2, 0.25) is 17.6 Å². The molecule has 1 N–H and O–H groups in total. The largest absolute Gasteiger partial charge is 0.497 e. The number of fused-ring (bicyclic) bond motifs is 5. The molecule has 4 atom stereocenters. The maximum absolute atomic E-state index is 13.0. The van der Waals surface area contributed by atoms with Crippen LogP contribution in [0.25, 0.3) is 0 Å². The van der Waals surface area contributed by atoms with Crippen LogP contribution in [0.5, 0.6) is 5.75 Å². The van der Waals surface area contributed by atoms with Crippen LogP contribution in [0.2, 0.25) is 0 Å². The molecule has 0 spiro atoms. The molecule has 3 aliphatic heterocycles. The minimum absolute atomic E-state index is 0.392. The normalized spacial score (nSPS) is 36.5. The van der Waals surface area contributed by atoms with Crippen molar-refractivity contribution in [1.82, 2.24) is 0 Å². The zero-order valence-corrected chi connectivity index (χ0v) is 13.3. The van der Waals surface area contributed by atoms with E-state index in [-0.39, 0.29) is 0 Å². The van der Waals surface area contributed by atoms with Crippen molar-refractivity contribution in [3.05, 3.63) is 36.4 Å². The Morgan fingerprint density at radius 2 is 1.79 bits per heavy atom. The quantitative estimate of drug-likeness (QED) is 0.638. The first kappa shape index (κ1) is 15.3. The molecule has 24 heavy (non-hydrogen) atoms. The van der Waals surface area contributed by atoms with Gasteiger partial charge in [-0.1, -0.05) is 0 Å². The molecule has 1 aromatic carbocycles. The first-order valence-corrected chi connectivity index (χ1v) is 7.60. The lowest BCUT2D eigenvalue weighted by Gasteiger charge is -2.27. The van der Waals surface area contributed by atoms with Crippen LogP contribution >= 0.6 is 0 Å². The first-order valence-electron chi connectivity index (χ1n) is 7.60. The number of aliphatic hydroxyl groups is 1. The highest BCUT2D eigenvalue weighted by Gasteiger charge is 2.74. The van der Waals surface area contributed by atoms with Crippen LogP contribution in [-0.2, 0) is 19.1 Å². The zero-order valence-electron chi connectivity index (χ0n) is 13.3. The number of aliphatic hydroxyl groups excluding tert-OH is 1. The van der Waals surface area contributed by atoms with Crippen LogP contribution in [0.4, 0.5) is 5.69 Å². The van der Waals surface area contributed by atoms with Crippen molar-refractivity contribution < 1.29 is 28.9 Å². The van der Waals surface area contributed by atoms with Gasteiger partial charge in [0.15, 0.2) is 0 Å². The standard InChI is InChI=1S/C17H17NO6/c1-22-11-5-3-10(4-6-11)18-14(20)12-13(15(18)21)17(23-2)8-7-16(12,9-19)24-17/h3-8,12-13,19H,9H2,1-2H3. The molecular formula is C17H17NO6. The molecule has 0 saturated carbocycles. The molecule has 3 aliphatic rings. The van der Waals surface area contributed by atoms with Gasteiger partial charge in [0, 0.05) is 7.11 Å². The first-order chi connectivity index (χ1) is 11.5. The summed E-state index contributed by atoms with van der Waals surface area (Å²) in [5.41, 5.74) is -0.756. The number of methoxy groups -OCH3 is 2. The Morgan fingerprint density at radius 1 is 1.12 bits per heavy atom. The number of ether oxygens (including phenoxy) is 3. The molecule has 2 amide bonds. The van der Waals surface area contributed by atoms with Crippen molar-refractivity contribution >= 4 is 17.5 Å². The summed E-state index contributed by atoms with van der Waals surface area (Å²) < 4.78 is 16.3. The van der Waals surface area contributed by atoms with Crippen molar-refractivity contribution in [3.8, 4) is 5.75 Å². The van der Waals surface area contributed by atoms with E-state index < -0.39 is 41.6 Å². The van der Waals surface area contributed by atoms with Crippen molar-refractivity contribution in [2.45, 2.75) is 11.4 Å². The summed E-state index contributed by atoms with van der Waals surface area (Å²) in [5, 5.41) is 9.80. The number of benzene rings is 1. The van der Waals surface area contributed by atoms with E-state index in [1.807, 2.05) is 0 Å². The van der Waals surface area contributed by atoms with Crippen LogP contribution in [0, 0.1) is 11.8 Å². The second kappa shape index (κ2) is 4.89. The van der Waals surface area contributed by atoms with E-state index in [1.165, 1.54) is 7.11 Å². The van der Waals surface area contributed by atoms with Crippen LogP contribution < -0.4 is 9.64 Å². The topological polar surface area (TPSA) is 85.3 Å². The lowest BCUT2D eigenvalue weighted by Crippen LogP contribution is -2.43. The highest BCUT2D eigenvalue weighted by atomic mass is 16.7. The molecule has 0 aliphatic carbocycles. The van der Waals surface area contributed by atoms with Gasteiger partial charge < -0.3 is 19.3 Å². The number of carbonyl (C=O) groups is 2. The van der Waals surface area contributed by atoms with Gasteiger partial charge in [-0.15, -0.1) is 0 Å². The van der Waals surface area contributed by atoms with Gasteiger partial charge in [-0.05, 0) is 36.4 Å². The van der Waals surface area contributed by atoms with Crippen molar-refractivity contribution in [3.63, 3.8) is 0 Å². The molecule has 7 nitrogen and oxygen atoms in total. The van der Waals surface area contributed by atoms with E-state index >= 15 is 0 Å². The van der Waals surface area contributed by atoms with E-state index in [2.05, 4.69) is 0 Å². The van der Waals surface area contributed by atoms with Crippen LogP contribution in [0.3, 0.4) is 0 Å². The predicted octanol–water partition coefficient (Wildman–Crippen LogP) is 0.475. The molecule has 7 heteroatoms. The fourth-order valence-electron chi connectivity index (χ4n) is 3.93. The maximum atomic E-state index is 13.0. The molecule has 4 unspecified atom stereocenters. The fourth-order valence-corrected chi connectivity index (χ4v) is 3.93. The second-order valence-electron chi connectivity index (χ2n) is 6.14. The predicted molar refractivity (Wildman–Crippen MR) is 82.2 cm³/mol. The smallest absolute Gasteiger partial charge is 0.243 e. The Bertz CT molecular complexity index is 706. The van der Waals surface area contributed by atoms with E-state index in [1.54, 1.807) is 43.5 Å². The van der Waals surface area contributed by atoms with E-state index in [0.717, 1.165) is 4.90 Å². The minimum atomic E-state index is -1.30. The molecule has 126 valence electrons. The Kier molecular flexibility index (Phi) is 3.12. The van der Waals surface area contributed by atoms with Gasteiger partial charge in [-0.3, -0.25) is 9.59 Å². The number of anilines is 1. The third-order valence-electron chi connectivity index (χ3n) is 5.11. The highest BCUT2D eigenvalue weighted by Crippen LogP contribution is 2.57. The molecule has 3 heterocycles. The number of rotatable bonds is 4. The molecular weight excluding hydrogens is 314 g/mol. The average molecular weight is 331 g/mol. The molecule has 0 radical (unpaired) electrons. The van der Waals surface area contributed by atoms with Crippen LogP contribution in [0.15, 0.2) is 36.4 Å². The Hall–Kier alpha value is -2.22. The SMILES string of the molecule is COc1ccc(N2C(=O)C3C(C2=O)C2(OC)C=CC3(CO)O2)cc1. The summed E-state index contributed by atoms with van der Waals surface area (Å²) in [5.74, 6) is -3.08. The summed E-state index contributed by atoms with van der Waals surface area (Å²) >= 11 is 0. The summed E-state index contributed by atoms with van der Waals surface area (Å²) in [6.45, 7) is -0.398. The number of amides is 2. The lowest BCUT2D eigenvalue weighted by molar-refractivity contribution is -0.205. The fraction of sp³-hybridized carbons (Fsp3) is 0.412. The summed E-state index contributed by atoms with van der Waals surface area (Å²) in [6.07, 6.45) is 3.24. The number of hydrogen-bond donors (Lipinski definition) is 1. The third kappa shape index (κ3) is 1.66. The van der Waals surface area contributed by atoms with Gasteiger partial charge >= 0.3 is 0 Å². The average Bonchev–Trinajstić information content (AvgIpc) is 3.23. The molecule has 2 bridgehead atoms. The summed E-state index contributed by atoms with van der Waals surface area (Å²) in [4.78, 5) is 27.1. The molecule has 2 saturated heterocycles. The van der Waals surface area contributed by atoms with Crippen molar-refractivity contribution in [1.29, 1.82) is 0 Å². The number of hydrogen-bond acceptors (Lipinski definition) is 6. The molecule has 1 aromatic rings. The van der Waals surface area contributed by atoms with Crippen LogP contribution in [-0.4, -0.2) is 49.1 Å². The summed E-state index contributed by atoms with van der Waals surface area (Å²) in [6, 6.07) is 6.66. The van der Waals surface area contributed by atoms with Crippen molar-refractivity contribution in [2.24, 2.45) is 11.8 Å². The van der Waals surface area contributed by atoms with E-state index in [4.69, 9.17) is 14.2 Å². The number of nitrogens with zero attached hydrogens (tertiary/aromatic N) is 1. The van der Waals surface area contributed by atoms with Gasteiger partial charge in [0.25, 0.3) is 0 Å². The molecule has 2 fully saturated rings. The molecule has 0 aromatic heterocycles. The van der Waals surface area contributed by atoms with Gasteiger partial charge in [-0.2, -0.15) is 0 Å². The van der Waals surface area contributed by atoms with Crippen LogP contribution in [0.1, 0.15) is 0 Å². The number of imide groups is 1. The second-order valence-corrected chi connectivity index (χ2v) is 6.14. The Balaban J connectivity index is 1.77. The Labute approximate surface area is 138 Å². The molecule has 4 rings (SSSR count). The monoisotopic (exact) mass is 331 g/mol. The summed E-state index contributed by atoms with van der Waals surface area (Å²) in [7, 11) is 2.97. The third-order valence-corrected chi connectivity index (χ3v) is 5.11. The van der Waals surface area contributed by atoms with E-state index in [0.29, 0.717) is 11.4 Å².